The normalized spacial score (nSPS) is 15.5. The lowest BCUT2D eigenvalue weighted by molar-refractivity contribution is 0.233. The Hall–Kier alpha value is -0.600. The predicted octanol–water partition coefficient (Wildman–Crippen LogP) is 4.42. The molecule has 0 aliphatic heterocycles. The monoisotopic (exact) mass is 271 g/mol. The molecule has 18 heavy (non-hydrogen) atoms. The van der Waals surface area contributed by atoms with Gasteiger partial charge in [0.15, 0.2) is 0 Å². The lowest BCUT2D eigenvalue weighted by Crippen LogP contribution is -2.30. The maximum absolute atomic E-state index is 13.3. The van der Waals surface area contributed by atoms with Gasteiger partial charge in [-0.05, 0) is 35.8 Å². The van der Waals surface area contributed by atoms with Crippen LogP contribution in [0.5, 0.6) is 0 Å². The van der Waals surface area contributed by atoms with E-state index in [0.717, 1.165) is 12.0 Å². The van der Waals surface area contributed by atoms with E-state index in [2.05, 4.69) is 27.7 Å². The zero-order chi connectivity index (χ0) is 13.9. The molecule has 0 spiro atoms. The summed E-state index contributed by atoms with van der Waals surface area (Å²) < 4.78 is 13.3. The number of halogens is 2. The van der Waals surface area contributed by atoms with Crippen LogP contribution in [0.3, 0.4) is 0 Å². The van der Waals surface area contributed by atoms with Crippen molar-refractivity contribution in [3.63, 3.8) is 0 Å². The molecular formula is C15H23ClFN. The summed E-state index contributed by atoms with van der Waals surface area (Å²) in [6, 6.07) is 4.90. The first-order valence-electron chi connectivity index (χ1n) is 6.40. The Bertz CT molecular complexity index is 398. The minimum atomic E-state index is -0.370. The largest absolute Gasteiger partial charge is 0.327 e. The third kappa shape index (κ3) is 4.25. The number of benzene rings is 1. The highest BCUT2D eigenvalue weighted by atomic mass is 35.5. The molecule has 1 nitrogen and oxygen atoms in total. The Balaban J connectivity index is 2.65. The molecular weight excluding hydrogens is 249 g/mol. The van der Waals surface area contributed by atoms with Gasteiger partial charge in [-0.3, -0.25) is 0 Å². The van der Waals surface area contributed by atoms with Crippen LogP contribution in [-0.2, 0) is 6.42 Å². The van der Waals surface area contributed by atoms with E-state index < -0.39 is 0 Å². The summed E-state index contributed by atoms with van der Waals surface area (Å²) in [5.41, 5.74) is 7.18. The number of hydrogen-bond acceptors (Lipinski definition) is 1. The van der Waals surface area contributed by atoms with Crippen molar-refractivity contribution >= 4 is 11.6 Å². The van der Waals surface area contributed by atoms with Crippen molar-refractivity contribution in [2.75, 3.05) is 0 Å². The second-order valence-electron chi connectivity index (χ2n) is 6.18. The molecule has 0 aliphatic carbocycles. The Morgan fingerprint density at radius 2 is 1.94 bits per heavy atom. The van der Waals surface area contributed by atoms with E-state index in [1.54, 1.807) is 6.07 Å². The van der Waals surface area contributed by atoms with E-state index in [1.165, 1.54) is 6.07 Å². The van der Waals surface area contributed by atoms with Crippen LogP contribution in [-0.4, -0.2) is 6.04 Å². The third-order valence-corrected chi connectivity index (χ3v) is 4.07. The molecule has 0 saturated heterocycles. The number of hydrogen-bond donors (Lipinski definition) is 1. The van der Waals surface area contributed by atoms with Crippen molar-refractivity contribution in [2.45, 2.75) is 46.6 Å². The average Bonchev–Trinajstić information content (AvgIpc) is 2.23. The fourth-order valence-corrected chi connectivity index (χ4v) is 2.08. The van der Waals surface area contributed by atoms with Crippen LogP contribution in [0.15, 0.2) is 18.2 Å². The van der Waals surface area contributed by atoms with E-state index in [-0.39, 0.29) is 22.3 Å². The molecule has 0 heterocycles. The Morgan fingerprint density at radius 3 is 2.50 bits per heavy atom. The van der Waals surface area contributed by atoms with Crippen molar-refractivity contribution in [3.05, 3.63) is 34.6 Å². The summed E-state index contributed by atoms with van der Waals surface area (Å²) in [6.07, 6.45) is 1.54. The molecule has 0 radical (unpaired) electrons. The van der Waals surface area contributed by atoms with Gasteiger partial charge in [-0.2, -0.15) is 0 Å². The fraction of sp³-hybridized carbons (Fsp3) is 0.600. The molecule has 1 rings (SSSR count). The van der Waals surface area contributed by atoms with Gasteiger partial charge in [-0.25, -0.2) is 4.39 Å². The van der Waals surface area contributed by atoms with Gasteiger partial charge in [-0.15, -0.1) is 0 Å². The minimum absolute atomic E-state index is 0.0125. The van der Waals surface area contributed by atoms with Crippen molar-refractivity contribution in [3.8, 4) is 0 Å². The van der Waals surface area contributed by atoms with Gasteiger partial charge in [0.05, 0.1) is 5.02 Å². The van der Waals surface area contributed by atoms with E-state index in [0.29, 0.717) is 12.3 Å². The van der Waals surface area contributed by atoms with Crippen LogP contribution < -0.4 is 5.73 Å². The van der Waals surface area contributed by atoms with Crippen LogP contribution >= 0.6 is 11.6 Å². The maximum Gasteiger partial charge on any atom is 0.142 e. The molecule has 1 aromatic carbocycles. The van der Waals surface area contributed by atoms with E-state index in [9.17, 15) is 4.39 Å². The first kappa shape index (κ1) is 15.5. The first-order chi connectivity index (χ1) is 8.21. The highest BCUT2D eigenvalue weighted by Gasteiger charge is 2.22. The standard InChI is InChI=1S/C15H23ClFN/c1-10(15(2,3)4)8-12(18)9-11-6-5-7-13(17)14(11)16/h5-7,10,12H,8-9,18H2,1-4H3. The van der Waals surface area contributed by atoms with Crippen LogP contribution in [0.25, 0.3) is 0 Å². The number of rotatable bonds is 4. The van der Waals surface area contributed by atoms with Gasteiger partial charge in [-0.1, -0.05) is 51.4 Å². The smallest absolute Gasteiger partial charge is 0.142 e. The summed E-state index contributed by atoms with van der Waals surface area (Å²) in [5, 5.41) is 0.205. The summed E-state index contributed by atoms with van der Waals surface area (Å²) in [7, 11) is 0. The Kier molecular flexibility index (Phi) is 5.18. The summed E-state index contributed by atoms with van der Waals surface area (Å²) >= 11 is 5.93. The summed E-state index contributed by atoms with van der Waals surface area (Å²) in [6.45, 7) is 8.83. The Morgan fingerprint density at radius 1 is 1.33 bits per heavy atom. The third-order valence-electron chi connectivity index (χ3n) is 3.65. The number of nitrogens with two attached hydrogens (primary N) is 1. The van der Waals surface area contributed by atoms with Gasteiger partial charge in [0.25, 0.3) is 0 Å². The molecule has 0 bridgehead atoms. The van der Waals surface area contributed by atoms with Gasteiger partial charge >= 0.3 is 0 Å². The highest BCUT2D eigenvalue weighted by Crippen LogP contribution is 2.30. The van der Waals surface area contributed by atoms with E-state index in [1.807, 2.05) is 6.07 Å². The molecule has 2 N–H and O–H groups in total. The molecule has 3 heteroatoms. The van der Waals surface area contributed by atoms with Gasteiger partial charge in [0.2, 0.25) is 0 Å². The molecule has 2 atom stereocenters. The fourth-order valence-electron chi connectivity index (χ4n) is 1.88. The van der Waals surface area contributed by atoms with Crippen molar-refractivity contribution in [2.24, 2.45) is 17.1 Å². The quantitative estimate of drug-likeness (QED) is 0.862. The molecule has 1 aromatic rings. The molecule has 0 aliphatic rings. The molecule has 0 aromatic heterocycles. The minimum Gasteiger partial charge on any atom is -0.327 e. The van der Waals surface area contributed by atoms with E-state index in [4.69, 9.17) is 17.3 Å². The Labute approximate surface area is 115 Å². The van der Waals surface area contributed by atoms with Crippen LogP contribution in [0, 0.1) is 17.2 Å². The molecule has 102 valence electrons. The first-order valence-corrected chi connectivity index (χ1v) is 6.78. The second-order valence-corrected chi connectivity index (χ2v) is 6.56. The topological polar surface area (TPSA) is 26.0 Å². The van der Waals surface area contributed by atoms with Crippen LogP contribution in [0.1, 0.15) is 39.7 Å². The van der Waals surface area contributed by atoms with Gasteiger partial charge in [0.1, 0.15) is 5.82 Å². The zero-order valence-corrected chi connectivity index (χ0v) is 12.4. The predicted molar refractivity (Wildman–Crippen MR) is 76.3 cm³/mol. The maximum atomic E-state index is 13.3. The van der Waals surface area contributed by atoms with Crippen molar-refractivity contribution in [1.29, 1.82) is 0 Å². The highest BCUT2D eigenvalue weighted by molar-refractivity contribution is 6.31. The SMILES string of the molecule is CC(CC(N)Cc1cccc(F)c1Cl)C(C)(C)C. The molecule has 2 unspecified atom stereocenters. The second kappa shape index (κ2) is 6.03. The van der Waals surface area contributed by atoms with E-state index >= 15 is 0 Å². The van der Waals surface area contributed by atoms with Crippen molar-refractivity contribution < 1.29 is 4.39 Å². The molecule has 0 amide bonds. The van der Waals surface area contributed by atoms with Crippen LogP contribution in [0.4, 0.5) is 4.39 Å². The lowest BCUT2D eigenvalue weighted by atomic mass is 9.78. The van der Waals surface area contributed by atoms with Crippen LogP contribution in [0.2, 0.25) is 5.02 Å². The van der Waals surface area contributed by atoms with Crippen molar-refractivity contribution in [1.82, 2.24) is 0 Å². The lowest BCUT2D eigenvalue weighted by Gasteiger charge is -2.29. The molecule has 0 saturated carbocycles. The van der Waals surface area contributed by atoms with Gasteiger partial charge in [0, 0.05) is 6.04 Å². The average molecular weight is 272 g/mol. The molecule has 0 fully saturated rings. The summed E-state index contributed by atoms with van der Waals surface area (Å²) in [4.78, 5) is 0. The zero-order valence-electron chi connectivity index (χ0n) is 11.6. The van der Waals surface area contributed by atoms with Gasteiger partial charge < -0.3 is 5.73 Å². The summed E-state index contributed by atoms with van der Waals surface area (Å²) in [5.74, 6) is 0.144.